The molecular formula is C8H16N4O2. The van der Waals surface area contributed by atoms with Gasteiger partial charge in [0.05, 0.1) is 6.54 Å². The lowest BCUT2D eigenvalue weighted by Crippen LogP contribution is -2.42. The largest absolute Gasteiger partial charge is 0.351 e. The lowest BCUT2D eigenvalue weighted by atomic mass is 10.2. The molecule has 0 radical (unpaired) electrons. The molecule has 3 amide bonds. The number of likely N-dealkylation sites (tertiary alicyclic amines) is 1. The van der Waals surface area contributed by atoms with E-state index in [1.807, 2.05) is 0 Å². The highest BCUT2D eigenvalue weighted by molar-refractivity contribution is 5.78. The minimum absolute atomic E-state index is 0.0448. The second kappa shape index (κ2) is 4.80. The average Bonchev–Trinajstić information content (AvgIpc) is 2.53. The molecule has 0 saturated carbocycles. The predicted molar refractivity (Wildman–Crippen MR) is 51.6 cm³/mol. The Kier molecular flexibility index (Phi) is 3.70. The maximum Gasteiger partial charge on any atom is 0.314 e. The molecule has 0 aromatic carbocycles. The first kappa shape index (κ1) is 10.8. The fraction of sp³-hybridized carbons (Fsp3) is 0.750. The normalized spacial score (nSPS) is 20.9. The third kappa shape index (κ3) is 2.88. The molecule has 1 rings (SSSR count). The number of urea groups is 1. The van der Waals surface area contributed by atoms with Crippen molar-refractivity contribution in [2.75, 3.05) is 26.7 Å². The molecule has 4 N–H and O–H groups in total. The quantitative estimate of drug-likeness (QED) is 0.517. The van der Waals surface area contributed by atoms with Gasteiger partial charge in [0.25, 0.3) is 0 Å². The zero-order valence-electron chi connectivity index (χ0n) is 8.25. The zero-order chi connectivity index (χ0) is 10.6. The molecule has 6 nitrogen and oxygen atoms in total. The lowest BCUT2D eigenvalue weighted by molar-refractivity contribution is -0.120. The van der Waals surface area contributed by atoms with E-state index in [9.17, 15) is 9.59 Å². The van der Waals surface area contributed by atoms with Crippen molar-refractivity contribution in [1.29, 1.82) is 0 Å². The van der Waals surface area contributed by atoms with E-state index in [0.717, 1.165) is 6.42 Å². The molecule has 0 aromatic rings. The second-order valence-corrected chi connectivity index (χ2v) is 3.37. The third-order valence-corrected chi connectivity index (χ3v) is 2.20. The highest BCUT2D eigenvalue weighted by Gasteiger charge is 2.25. The molecule has 1 fully saturated rings. The summed E-state index contributed by atoms with van der Waals surface area (Å²) in [6.07, 6.45) is 0.776. The number of primary amides is 1. The van der Waals surface area contributed by atoms with E-state index in [2.05, 4.69) is 10.6 Å². The number of nitrogens with two attached hydrogens (primary N) is 1. The van der Waals surface area contributed by atoms with Crippen LogP contribution in [-0.2, 0) is 4.79 Å². The molecule has 0 aliphatic carbocycles. The molecule has 1 heterocycles. The van der Waals surface area contributed by atoms with Gasteiger partial charge in [-0.2, -0.15) is 0 Å². The van der Waals surface area contributed by atoms with E-state index in [4.69, 9.17) is 5.73 Å². The zero-order valence-corrected chi connectivity index (χ0v) is 8.25. The molecule has 0 bridgehead atoms. The van der Waals surface area contributed by atoms with Crippen LogP contribution in [0.3, 0.4) is 0 Å². The molecule has 6 heteroatoms. The van der Waals surface area contributed by atoms with Crippen LogP contribution in [0.25, 0.3) is 0 Å². The standard InChI is InChI=1S/C8H16N4O2/c1-10-4-7(13)11-6-2-3-12(5-6)8(9)14/h6,10H,2-5H2,1H3,(H2,9,14)(H,11,13). The maximum absolute atomic E-state index is 11.2. The number of carbonyl (C=O) groups is 2. The summed E-state index contributed by atoms with van der Waals surface area (Å²) in [6, 6.07) is -0.376. The minimum Gasteiger partial charge on any atom is -0.351 e. The summed E-state index contributed by atoms with van der Waals surface area (Å²) in [4.78, 5) is 23.5. The van der Waals surface area contributed by atoms with Crippen LogP contribution in [0.2, 0.25) is 0 Å². The number of likely N-dealkylation sites (N-methyl/N-ethyl adjacent to an activating group) is 1. The third-order valence-electron chi connectivity index (χ3n) is 2.20. The van der Waals surface area contributed by atoms with Crippen LogP contribution in [0, 0.1) is 0 Å². The van der Waals surface area contributed by atoms with Crippen molar-refractivity contribution >= 4 is 11.9 Å². The van der Waals surface area contributed by atoms with E-state index >= 15 is 0 Å². The van der Waals surface area contributed by atoms with Crippen molar-refractivity contribution < 1.29 is 9.59 Å². The molecule has 1 aliphatic rings. The Bertz CT molecular complexity index is 231. The van der Waals surface area contributed by atoms with Crippen LogP contribution in [-0.4, -0.2) is 49.6 Å². The summed E-state index contributed by atoms with van der Waals surface area (Å²) in [7, 11) is 1.71. The van der Waals surface area contributed by atoms with Gasteiger partial charge in [-0.25, -0.2) is 4.79 Å². The number of nitrogens with zero attached hydrogens (tertiary/aromatic N) is 1. The number of carbonyl (C=O) groups excluding carboxylic acids is 2. The van der Waals surface area contributed by atoms with Crippen molar-refractivity contribution in [3.05, 3.63) is 0 Å². The van der Waals surface area contributed by atoms with E-state index in [0.29, 0.717) is 19.6 Å². The first-order valence-corrected chi connectivity index (χ1v) is 4.62. The van der Waals surface area contributed by atoms with Gasteiger partial charge >= 0.3 is 6.03 Å². The fourth-order valence-corrected chi connectivity index (χ4v) is 1.52. The molecule has 1 saturated heterocycles. The number of nitrogens with one attached hydrogen (secondary N) is 2. The van der Waals surface area contributed by atoms with Gasteiger partial charge < -0.3 is 21.3 Å². The number of hydrogen-bond acceptors (Lipinski definition) is 3. The summed E-state index contributed by atoms with van der Waals surface area (Å²) in [5.41, 5.74) is 5.11. The maximum atomic E-state index is 11.2. The Morgan fingerprint density at radius 2 is 2.29 bits per heavy atom. The van der Waals surface area contributed by atoms with Crippen LogP contribution in [0.15, 0.2) is 0 Å². The van der Waals surface area contributed by atoms with Gasteiger partial charge in [-0.3, -0.25) is 4.79 Å². The van der Waals surface area contributed by atoms with Gasteiger partial charge in [0.1, 0.15) is 0 Å². The number of hydrogen-bond donors (Lipinski definition) is 3. The predicted octanol–water partition coefficient (Wildman–Crippen LogP) is -1.52. The van der Waals surface area contributed by atoms with E-state index < -0.39 is 6.03 Å². The van der Waals surface area contributed by atoms with Crippen molar-refractivity contribution in [2.24, 2.45) is 5.73 Å². The van der Waals surface area contributed by atoms with E-state index in [-0.39, 0.29) is 11.9 Å². The van der Waals surface area contributed by atoms with Crippen molar-refractivity contribution in [2.45, 2.75) is 12.5 Å². The van der Waals surface area contributed by atoms with E-state index in [1.54, 1.807) is 7.05 Å². The molecule has 1 atom stereocenters. The van der Waals surface area contributed by atoms with Crippen LogP contribution in [0.1, 0.15) is 6.42 Å². The molecule has 80 valence electrons. The molecule has 1 aliphatic heterocycles. The van der Waals surface area contributed by atoms with Gasteiger partial charge in [-0.15, -0.1) is 0 Å². The molecular weight excluding hydrogens is 184 g/mol. The molecule has 14 heavy (non-hydrogen) atoms. The van der Waals surface area contributed by atoms with Gasteiger partial charge in [0.2, 0.25) is 5.91 Å². The van der Waals surface area contributed by atoms with Gasteiger partial charge in [-0.1, -0.05) is 0 Å². The summed E-state index contributed by atoms with van der Waals surface area (Å²) in [5, 5.41) is 5.57. The summed E-state index contributed by atoms with van der Waals surface area (Å²) in [6.45, 7) is 1.44. The Morgan fingerprint density at radius 3 is 2.79 bits per heavy atom. The van der Waals surface area contributed by atoms with Crippen LogP contribution < -0.4 is 16.4 Å². The molecule has 0 spiro atoms. The SMILES string of the molecule is CNCC(=O)NC1CCN(C(N)=O)C1. The Labute approximate surface area is 82.8 Å². The van der Waals surface area contributed by atoms with E-state index in [1.165, 1.54) is 4.90 Å². The van der Waals surface area contributed by atoms with Gasteiger partial charge in [0.15, 0.2) is 0 Å². The topological polar surface area (TPSA) is 87.5 Å². The summed E-state index contributed by atoms with van der Waals surface area (Å²) >= 11 is 0. The van der Waals surface area contributed by atoms with Crippen molar-refractivity contribution in [3.63, 3.8) is 0 Å². The van der Waals surface area contributed by atoms with Crippen LogP contribution in [0.4, 0.5) is 4.79 Å². The Balaban J connectivity index is 2.28. The lowest BCUT2D eigenvalue weighted by Gasteiger charge is -2.14. The highest BCUT2D eigenvalue weighted by atomic mass is 16.2. The first-order chi connectivity index (χ1) is 6.63. The number of amides is 3. The summed E-state index contributed by atoms with van der Waals surface area (Å²) < 4.78 is 0. The first-order valence-electron chi connectivity index (χ1n) is 4.62. The highest BCUT2D eigenvalue weighted by Crippen LogP contribution is 2.07. The van der Waals surface area contributed by atoms with Crippen molar-refractivity contribution in [1.82, 2.24) is 15.5 Å². The van der Waals surface area contributed by atoms with Gasteiger partial charge in [0, 0.05) is 19.1 Å². The number of rotatable bonds is 3. The average molecular weight is 200 g/mol. The van der Waals surface area contributed by atoms with Gasteiger partial charge in [-0.05, 0) is 13.5 Å². The Morgan fingerprint density at radius 1 is 1.57 bits per heavy atom. The molecule has 1 unspecified atom stereocenters. The monoisotopic (exact) mass is 200 g/mol. The molecule has 0 aromatic heterocycles. The Hall–Kier alpha value is -1.30. The minimum atomic E-state index is -0.421. The van der Waals surface area contributed by atoms with Crippen LogP contribution >= 0.6 is 0 Å². The summed E-state index contributed by atoms with van der Waals surface area (Å²) in [5.74, 6) is -0.0520. The van der Waals surface area contributed by atoms with Crippen molar-refractivity contribution in [3.8, 4) is 0 Å². The fourth-order valence-electron chi connectivity index (χ4n) is 1.52. The second-order valence-electron chi connectivity index (χ2n) is 3.37. The smallest absolute Gasteiger partial charge is 0.314 e. The van der Waals surface area contributed by atoms with Crippen LogP contribution in [0.5, 0.6) is 0 Å².